The lowest BCUT2D eigenvalue weighted by molar-refractivity contribution is -0.144. The molecule has 0 saturated carbocycles. The predicted octanol–water partition coefficient (Wildman–Crippen LogP) is 1.96. The number of ether oxygens (including phenoxy) is 3. The Morgan fingerprint density at radius 1 is 1.37 bits per heavy atom. The van der Waals surface area contributed by atoms with Gasteiger partial charge in [0.2, 0.25) is 0 Å². The SMILES string of the molecule is COc1cccc(CN2CCC3(CC2)CN(C)C(=O)O3)c1O[C@@H](C)C(=O)O. The number of carboxylic acids is 1. The molecule has 1 N–H and O–H groups in total. The zero-order valence-corrected chi connectivity index (χ0v) is 15.9. The molecule has 0 radical (unpaired) electrons. The summed E-state index contributed by atoms with van der Waals surface area (Å²) < 4.78 is 16.6. The molecule has 0 aromatic heterocycles. The van der Waals surface area contributed by atoms with E-state index in [0.717, 1.165) is 31.5 Å². The van der Waals surface area contributed by atoms with Crippen LogP contribution in [0.1, 0.15) is 25.3 Å². The van der Waals surface area contributed by atoms with Gasteiger partial charge in [0, 0.05) is 45.1 Å². The average Bonchev–Trinajstić information content (AvgIpc) is 2.91. The Hall–Kier alpha value is -2.48. The number of para-hydroxylation sites is 1. The van der Waals surface area contributed by atoms with Gasteiger partial charge in [0.05, 0.1) is 13.7 Å². The van der Waals surface area contributed by atoms with E-state index in [2.05, 4.69) is 4.90 Å². The topological polar surface area (TPSA) is 88.5 Å². The van der Waals surface area contributed by atoms with Crippen molar-refractivity contribution >= 4 is 12.1 Å². The number of carbonyl (C=O) groups excluding carboxylic acids is 1. The molecule has 0 bridgehead atoms. The van der Waals surface area contributed by atoms with Gasteiger partial charge < -0.3 is 24.2 Å². The Kier molecular flexibility index (Phi) is 5.46. The first kappa shape index (κ1) is 19.3. The van der Waals surface area contributed by atoms with Crippen molar-refractivity contribution in [1.29, 1.82) is 0 Å². The average molecular weight is 378 g/mol. The van der Waals surface area contributed by atoms with Crippen LogP contribution in [0.25, 0.3) is 0 Å². The van der Waals surface area contributed by atoms with Crippen LogP contribution < -0.4 is 9.47 Å². The number of methoxy groups -OCH3 is 1. The van der Waals surface area contributed by atoms with Crippen LogP contribution in [0.5, 0.6) is 11.5 Å². The van der Waals surface area contributed by atoms with Gasteiger partial charge in [0.25, 0.3) is 0 Å². The Morgan fingerprint density at radius 2 is 2.07 bits per heavy atom. The zero-order chi connectivity index (χ0) is 19.6. The van der Waals surface area contributed by atoms with E-state index < -0.39 is 12.1 Å². The molecule has 0 aliphatic carbocycles. The van der Waals surface area contributed by atoms with Gasteiger partial charge in [-0.2, -0.15) is 0 Å². The number of aliphatic carboxylic acids is 1. The van der Waals surface area contributed by atoms with Crippen LogP contribution in [0.3, 0.4) is 0 Å². The van der Waals surface area contributed by atoms with Crippen molar-refractivity contribution in [2.75, 3.05) is 33.8 Å². The quantitative estimate of drug-likeness (QED) is 0.809. The van der Waals surface area contributed by atoms with Gasteiger partial charge >= 0.3 is 12.1 Å². The zero-order valence-electron chi connectivity index (χ0n) is 15.9. The smallest absolute Gasteiger partial charge is 0.410 e. The summed E-state index contributed by atoms with van der Waals surface area (Å²) in [4.78, 5) is 26.8. The maximum Gasteiger partial charge on any atom is 0.410 e. The molecule has 1 amide bonds. The van der Waals surface area contributed by atoms with Crippen molar-refractivity contribution in [3.05, 3.63) is 23.8 Å². The Labute approximate surface area is 158 Å². The highest BCUT2D eigenvalue weighted by molar-refractivity contribution is 5.72. The number of carbonyl (C=O) groups is 2. The summed E-state index contributed by atoms with van der Waals surface area (Å²) in [5.41, 5.74) is 0.493. The number of piperidine rings is 1. The highest BCUT2D eigenvalue weighted by Gasteiger charge is 2.45. The van der Waals surface area contributed by atoms with Crippen LogP contribution in [-0.4, -0.2) is 72.5 Å². The van der Waals surface area contributed by atoms with Crippen molar-refractivity contribution in [2.24, 2.45) is 0 Å². The van der Waals surface area contributed by atoms with E-state index in [0.29, 0.717) is 24.6 Å². The minimum Gasteiger partial charge on any atom is -0.493 e. The third-order valence-corrected chi connectivity index (χ3v) is 5.22. The lowest BCUT2D eigenvalue weighted by Gasteiger charge is -2.37. The second kappa shape index (κ2) is 7.64. The molecule has 1 atom stereocenters. The van der Waals surface area contributed by atoms with E-state index >= 15 is 0 Å². The Bertz CT molecular complexity index is 714. The number of likely N-dealkylation sites (N-methyl/N-ethyl adjacent to an activating group) is 1. The van der Waals surface area contributed by atoms with Gasteiger partial charge in [-0.1, -0.05) is 12.1 Å². The van der Waals surface area contributed by atoms with Crippen LogP contribution in [0, 0.1) is 0 Å². The number of amides is 1. The summed E-state index contributed by atoms with van der Waals surface area (Å²) in [6.45, 7) is 4.30. The summed E-state index contributed by atoms with van der Waals surface area (Å²) in [5, 5.41) is 9.16. The predicted molar refractivity (Wildman–Crippen MR) is 97.1 cm³/mol. The number of rotatable bonds is 6. The van der Waals surface area contributed by atoms with Gasteiger partial charge in [-0.05, 0) is 13.0 Å². The number of likely N-dealkylation sites (tertiary alicyclic amines) is 1. The minimum absolute atomic E-state index is 0.255. The number of carboxylic acid groups (broad SMARTS) is 1. The van der Waals surface area contributed by atoms with Crippen molar-refractivity contribution < 1.29 is 28.9 Å². The van der Waals surface area contributed by atoms with E-state index in [1.165, 1.54) is 14.0 Å². The van der Waals surface area contributed by atoms with Crippen LogP contribution in [0.15, 0.2) is 18.2 Å². The first-order valence-electron chi connectivity index (χ1n) is 9.05. The fourth-order valence-electron chi connectivity index (χ4n) is 3.62. The van der Waals surface area contributed by atoms with Gasteiger partial charge in [-0.25, -0.2) is 9.59 Å². The maximum absolute atomic E-state index is 11.7. The minimum atomic E-state index is -1.03. The molecule has 1 aromatic rings. The van der Waals surface area contributed by atoms with Gasteiger partial charge in [-0.15, -0.1) is 0 Å². The largest absolute Gasteiger partial charge is 0.493 e. The van der Waals surface area contributed by atoms with Crippen LogP contribution in [0.4, 0.5) is 4.79 Å². The molecule has 2 fully saturated rings. The molecule has 1 spiro atoms. The second-order valence-electron chi connectivity index (χ2n) is 7.23. The third kappa shape index (κ3) is 4.10. The molecule has 0 unspecified atom stereocenters. The van der Waals surface area contributed by atoms with E-state index in [4.69, 9.17) is 19.3 Å². The highest BCUT2D eigenvalue weighted by atomic mass is 16.6. The number of hydrogen-bond acceptors (Lipinski definition) is 6. The summed E-state index contributed by atoms with van der Waals surface area (Å²) in [6, 6.07) is 5.54. The first-order valence-corrected chi connectivity index (χ1v) is 9.05. The summed E-state index contributed by atoms with van der Waals surface area (Å²) >= 11 is 0. The molecule has 2 aliphatic heterocycles. The summed E-state index contributed by atoms with van der Waals surface area (Å²) in [7, 11) is 3.29. The Balaban J connectivity index is 1.69. The number of nitrogens with zero attached hydrogens (tertiary/aromatic N) is 2. The van der Waals surface area contributed by atoms with E-state index in [-0.39, 0.29) is 11.7 Å². The summed E-state index contributed by atoms with van der Waals surface area (Å²) in [6.07, 6.45) is 0.316. The Morgan fingerprint density at radius 3 is 2.63 bits per heavy atom. The fraction of sp³-hybridized carbons (Fsp3) is 0.579. The van der Waals surface area contributed by atoms with E-state index in [9.17, 15) is 9.59 Å². The van der Waals surface area contributed by atoms with Crippen molar-refractivity contribution in [3.63, 3.8) is 0 Å². The lowest BCUT2D eigenvalue weighted by atomic mass is 9.91. The maximum atomic E-state index is 11.7. The van der Waals surface area contributed by atoms with Gasteiger partial charge in [0.1, 0.15) is 5.60 Å². The number of benzene rings is 1. The van der Waals surface area contributed by atoms with Crippen LogP contribution in [0.2, 0.25) is 0 Å². The molecular weight excluding hydrogens is 352 g/mol. The lowest BCUT2D eigenvalue weighted by Crippen LogP contribution is -2.46. The first-order chi connectivity index (χ1) is 12.8. The molecule has 148 valence electrons. The van der Waals surface area contributed by atoms with Gasteiger partial charge in [0.15, 0.2) is 17.6 Å². The highest BCUT2D eigenvalue weighted by Crippen LogP contribution is 2.36. The number of hydrogen-bond donors (Lipinski definition) is 1. The van der Waals surface area contributed by atoms with Crippen LogP contribution >= 0.6 is 0 Å². The monoisotopic (exact) mass is 378 g/mol. The van der Waals surface area contributed by atoms with Crippen molar-refractivity contribution in [2.45, 2.75) is 38.0 Å². The fourth-order valence-corrected chi connectivity index (χ4v) is 3.62. The molecular formula is C19H26N2O6. The van der Waals surface area contributed by atoms with E-state index in [1.807, 2.05) is 12.1 Å². The third-order valence-electron chi connectivity index (χ3n) is 5.22. The standard InChI is InChI=1S/C19H26N2O6/c1-13(17(22)23)26-16-14(5-4-6-15(16)25-3)11-21-9-7-19(8-10-21)12-20(2)18(24)27-19/h4-6,13H,7-12H2,1-3H3,(H,22,23)/t13-/m0/s1. The molecule has 2 aliphatic rings. The molecule has 3 rings (SSSR count). The molecule has 27 heavy (non-hydrogen) atoms. The molecule has 2 saturated heterocycles. The van der Waals surface area contributed by atoms with Crippen molar-refractivity contribution in [3.8, 4) is 11.5 Å². The summed E-state index contributed by atoms with van der Waals surface area (Å²) in [5.74, 6) is -0.0541. The molecule has 1 aromatic carbocycles. The molecule has 8 nitrogen and oxygen atoms in total. The van der Waals surface area contributed by atoms with Crippen LogP contribution in [-0.2, 0) is 16.1 Å². The van der Waals surface area contributed by atoms with Crippen molar-refractivity contribution in [1.82, 2.24) is 9.80 Å². The molecule has 2 heterocycles. The normalized spacial score (nSPS) is 20.4. The van der Waals surface area contributed by atoms with Gasteiger partial charge in [-0.3, -0.25) is 4.90 Å². The second-order valence-corrected chi connectivity index (χ2v) is 7.23. The van der Waals surface area contributed by atoms with E-state index in [1.54, 1.807) is 18.0 Å². The molecule has 8 heteroatoms.